The molecule has 11 heteroatoms. The highest BCUT2D eigenvalue weighted by Crippen LogP contribution is 2.24. The molecule has 0 bridgehead atoms. The van der Waals surface area contributed by atoms with Gasteiger partial charge in [-0.1, -0.05) is 19.0 Å². The highest BCUT2D eigenvalue weighted by molar-refractivity contribution is 5.60. The maximum atomic E-state index is 13.2. The summed E-state index contributed by atoms with van der Waals surface area (Å²) in [5.41, 5.74) is 2.36. The third kappa shape index (κ3) is 6.36. The maximum absolute atomic E-state index is 13.2. The summed E-state index contributed by atoms with van der Waals surface area (Å²) in [5, 5.41) is 17.9. The molecule has 3 N–H and O–H groups in total. The lowest BCUT2D eigenvalue weighted by Gasteiger charge is -2.22. The average molecular weight is 495 g/mol. The van der Waals surface area contributed by atoms with E-state index in [0.29, 0.717) is 48.8 Å². The van der Waals surface area contributed by atoms with Crippen LogP contribution in [-0.2, 0) is 11.3 Å². The molecular weight excluding hydrogens is 463 g/mol. The number of benzene rings is 1. The molecular formula is C25H31FN8O2. The fraction of sp³-hybridized carbons (Fsp3) is 0.360. The van der Waals surface area contributed by atoms with Gasteiger partial charge in [0.05, 0.1) is 18.8 Å². The Morgan fingerprint density at radius 1 is 1.14 bits per heavy atom. The summed E-state index contributed by atoms with van der Waals surface area (Å²) in [5.74, 6) is 3.14. The predicted molar refractivity (Wildman–Crippen MR) is 137 cm³/mol. The smallest absolute Gasteiger partial charge is 0.227 e. The SMILES string of the molecule is CCN(CCOC)c1cc(Nc2cc(C(C)C)n[nH]2)nc(NCc2cc(-c3ccc(F)cc3)no2)n1. The number of aromatic amines is 1. The Kier molecular flexibility index (Phi) is 8.11. The fourth-order valence-corrected chi connectivity index (χ4v) is 3.53. The molecule has 0 unspecified atom stereocenters. The van der Waals surface area contributed by atoms with E-state index < -0.39 is 0 Å². The highest BCUT2D eigenvalue weighted by Gasteiger charge is 2.14. The number of aromatic nitrogens is 5. The second-order valence-electron chi connectivity index (χ2n) is 8.53. The van der Waals surface area contributed by atoms with Crippen LogP contribution >= 0.6 is 0 Å². The van der Waals surface area contributed by atoms with E-state index in [1.165, 1.54) is 12.1 Å². The number of hydrogen-bond acceptors (Lipinski definition) is 9. The monoisotopic (exact) mass is 494 g/mol. The van der Waals surface area contributed by atoms with Crippen LogP contribution in [0.5, 0.6) is 0 Å². The summed E-state index contributed by atoms with van der Waals surface area (Å²) in [4.78, 5) is 11.4. The van der Waals surface area contributed by atoms with Gasteiger partial charge in [0.15, 0.2) is 5.76 Å². The summed E-state index contributed by atoms with van der Waals surface area (Å²) in [7, 11) is 1.68. The number of anilines is 4. The first-order chi connectivity index (χ1) is 17.4. The van der Waals surface area contributed by atoms with E-state index in [-0.39, 0.29) is 5.82 Å². The zero-order chi connectivity index (χ0) is 25.5. The van der Waals surface area contributed by atoms with Crippen LogP contribution in [0.2, 0.25) is 0 Å². The number of hydrogen-bond donors (Lipinski definition) is 3. The molecule has 0 saturated heterocycles. The number of likely N-dealkylation sites (N-methyl/N-ethyl adjacent to an activating group) is 1. The van der Waals surface area contributed by atoms with Crippen molar-refractivity contribution < 1.29 is 13.7 Å². The van der Waals surface area contributed by atoms with Crippen LogP contribution in [0.3, 0.4) is 0 Å². The van der Waals surface area contributed by atoms with Gasteiger partial charge in [-0.05, 0) is 37.1 Å². The third-order valence-corrected chi connectivity index (χ3v) is 5.56. The lowest BCUT2D eigenvalue weighted by Crippen LogP contribution is -2.28. The van der Waals surface area contributed by atoms with E-state index in [1.807, 2.05) is 12.1 Å². The normalized spacial score (nSPS) is 11.2. The van der Waals surface area contributed by atoms with Crippen molar-refractivity contribution in [2.45, 2.75) is 33.2 Å². The Balaban J connectivity index is 1.53. The number of halogens is 1. The van der Waals surface area contributed by atoms with Crippen molar-refractivity contribution in [3.63, 3.8) is 0 Å². The van der Waals surface area contributed by atoms with E-state index in [9.17, 15) is 4.39 Å². The van der Waals surface area contributed by atoms with Crippen LogP contribution in [0.15, 0.2) is 47.0 Å². The van der Waals surface area contributed by atoms with Crippen molar-refractivity contribution >= 4 is 23.4 Å². The number of ether oxygens (including phenoxy) is 1. The minimum absolute atomic E-state index is 0.298. The molecule has 0 aliphatic heterocycles. The second kappa shape index (κ2) is 11.6. The van der Waals surface area contributed by atoms with Gasteiger partial charge < -0.3 is 24.8 Å². The first-order valence-corrected chi connectivity index (χ1v) is 11.9. The number of nitrogens with zero attached hydrogens (tertiary/aromatic N) is 5. The molecule has 3 aromatic heterocycles. The van der Waals surface area contributed by atoms with Gasteiger partial charge in [-0.25, -0.2) is 4.39 Å². The number of nitrogens with one attached hydrogen (secondary N) is 3. The quantitative estimate of drug-likeness (QED) is 0.252. The third-order valence-electron chi connectivity index (χ3n) is 5.56. The summed E-state index contributed by atoms with van der Waals surface area (Å²) in [6.07, 6.45) is 0. The van der Waals surface area contributed by atoms with Gasteiger partial charge in [0.1, 0.15) is 29.0 Å². The molecule has 10 nitrogen and oxygen atoms in total. The maximum Gasteiger partial charge on any atom is 0.227 e. The Morgan fingerprint density at radius 2 is 1.94 bits per heavy atom. The molecule has 0 radical (unpaired) electrons. The van der Waals surface area contributed by atoms with Crippen LogP contribution in [0.1, 0.15) is 38.1 Å². The van der Waals surface area contributed by atoms with Gasteiger partial charge in [0.2, 0.25) is 5.95 Å². The van der Waals surface area contributed by atoms with Gasteiger partial charge in [-0.2, -0.15) is 15.1 Å². The summed E-state index contributed by atoms with van der Waals surface area (Å²) in [6.45, 7) is 8.58. The van der Waals surface area contributed by atoms with Crippen molar-refractivity contribution in [2.75, 3.05) is 42.3 Å². The molecule has 0 amide bonds. The molecule has 0 fully saturated rings. The largest absolute Gasteiger partial charge is 0.383 e. The predicted octanol–water partition coefficient (Wildman–Crippen LogP) is 4.95. The number of rotatable bonds is 12. The molecule has 0 aliphatic rings. The average Bonchev–Trinajstić information content (AvgIpc) is 3.54. The molecule has 36 heavy (non-hydrogen) atoms. The van der Waals surface area contributed by atoms with Crippen LogP contribution in [0.25, 0.3) is 11.3 Å². The van der Waals surface area contributed by atoms with E-state index in [0.717, 1.165) is 29.4 Å². The van der Waals surface area contributed by atoms with Crippen molar-refractivity contribution in [1.82, 2.24) is 25.3 Å². The Hall–Kier alpha value is -3.99. The second-order valence-corrected chi connectivity index (χ2v) is 8.53. The van der Waals surface area contributed by atoms with Crippen LogP contribution in [0, 0.1) is 5.82 Å². The molecule has 3 heterocycles. The topological polar surface area (TPSA) is 117 Å². The zero-order valence-electron chi connectivity index (χ0n) is 20.9. The van der Waals surface area contributed by atoms with Gasteiger partial charge in [0.25, 0.3) is 0 Å². The number of methoxy groups -OCH3 is 1. The lowest BCUT2D eigenvalue weighted by atomic mass is 10.1. The highest BCUT2D eigenvalue weighted by atomic mass is 19.1. The van der Waals surface area contributed by atoms with Gasteiger partial charge in [-0.15, -0.1) is 0 Å². The van der Waals surface area contributed by atoms with Crippen molar-refractivity contribution in [2.24, 2.45) is 0 Å². The van der Waals surface area contributed by atoms with E-state index in [1.54, 1.807) is 25.3 Å². The first-order valence-electron chi connectivity index (χ1n) is 11.9. The summed E-state index contributed by atoms with van der Waals surface area (Å²) >= 11 is 0. The number of H-pyrrole nitrogens is 1. The molecule has 1 aromatic carbocycles. The van der Waals surface area contributed by atoms with E-state index in [4.69, 9.17) is 14.2 Å². The van der Waals surface area contributed by atoms with Crippen molar-refractivity contribution in [3.8, 4) is 11.3 Å². The molecule has 4 rings (SSSR count). The lowest BCUT2D eigenvalue weighted by molar-refractivity contribution is 0.205. The zero-order valence-corrected chi connectivity index (χ0v) is 20.9. The minimum Gasteiger partial charge on any atom is -0.383 e. The molecule has 190 valence electrons. The fourth-order valence-electron chi connectivity index (χ4n) is 3.53. The minimum atomic E-state index is -0.298. The van der Waals surface area contributed by atoms with Crippen LogP contribution in [0.4, 0.5) is 27.8 Å². The molecule has 0 saturated carbocycles. The van der Waals surface area contributed by atoms with Crippen molar-refractivity contribution in [3.05, 3.63) is 59.7 Å². The molecule has 0 spiro atoms. The van der Waals surface area contributed by atoms with Gasteiger partial charge >= 0.3 is 0 Å². The molecule has 0 aliphatic carbocycles. The Morgan fingerprint density at radius 3 is 2.64 bits per heavy atom. The van der Waals surface area contributed by atoms with Crippen LogP contribution < -0.4 is 15.5 Å². The summed E-state index contributed by atoms with van der Waals surface area (Å²) < 4.78 is 23.9. The van der Waals surface area contributed by atoms with Crippen LogP contribution in [-0.4, -0.2) is 52.1 Å². The van der Waals surface area contributed by atoms with Gasteiger partial charge in [0, 0.05) is 44.0 Å². The first kappa shape index (κ1) is 25.1. The Bertz CT molecular complexity index is 1260. The van der Waals surface area contributed by atoms with E-state index >= 15 is 0 Å². The molecule has 4 aromatic rings. The summed E-state index contributed by atoms with van der Waals surface area (Å²) in [6, 6.07) is 11.8. The van der Waals surface area contributed by atoms with Gasteiger partial charge in [-0.3, -0.25) is 5.10 Å². The van der Waals surface area contributed by atoms with E-state index in [2.05, 4.69) is 56.6 Å². The standard InChI is InChI=1S/C25H31FN8O2/c1-5-34(10-11-35-4)24-14-22(28-23-13-20(16(2)3)31-32-23)29-25(30-24)27-15-19-12-21(33-36-19)17-6-8-18(26)9-7-17/h6-9,12-14,16H,5,10-11,15H2,1-4H3,(H3,27,28,29,30,31,32). The Labute approximate surface area is 209 Å². The molecule has 0 atom stereocenters. The van der Waals surface area contributed by atoms with Crippen molar-refractivity contribution in [1.29, 1.82) is 0 Å².